The maximum absolute atomic E-state index is 11.7. The highest BCUT2D eigenvalue weighted by Gasteiger charge is 2.03. The van der Waals surface area contributed by atoms with Crippen molar-refractivity contribution in [3.8, 4) is 0 Å². The Morgan fingerprint density at radius 3 is 2.55 bits per heavy atom. The van der Waals surface area contributed by atoms with Crippen molar-refractivity contribution in [2.24, 2.45) is 0 Å². The molecule has 0 radical (unpaired) electrons. The van der Waals surface area contributed by atoms with E-state index in [0.717, 1.165) is 27.0 Å². The van der Waals surface area contributed by atoms with Gasteiger partial charge in [0.05, 0.1) is 5.75 Å². The molecule has 2 nitrogen and oxygen atoms in total. The summed E-state index contributed by atoms with van der Waals surface area (Å²) in [5, 5.41) is 3.74. The molecule has 0 aliphatic heterocycles. The Morgan fingerprint density at radius 1 is 1.05 bits per heavy atom. The third-order valence-electron chi connectivity index (χ3n) is 2.90. The first-order valence-electron chi connectivity index (χ1n) is 7.01. The van der Waals surface area contributed by atoms with Crippen molar-refractivity contribution in [3.63, 3.8) is 0 Å². The van der Waals surface area contributed by atoms with Gasteiger partial charge in [0.15, 0.2) is 0 Å². The molecule has 2 aromatic carbocycles. The van der Waals surface area contributed by atoms with Gasteiger partial charge in [-0.15, -0.1) is 11.8 Å². The fraction of sp³-hybridized carbons (Fsp3) is 0.235. The second kappa shape index (κ2) is 9.82. The Morgan fingerprint density at radius 2 is 1.77 bits per heavy atom. The molecule has 0 aromatic heterocycles. The van der Waals surface area contributed by atoms with Gasteiger partial charge in [-0.3, -0.25) is 4.79 Å². The molecule has 116 valence electrons. The van der Waals surface area contributed by atoms with Gasteiger partial charge in [0.25, 0.3) is 0 Å². The highest BCUT2D eigenvalue weighted by Crippen LogP contribution is 2.20. The van der Waals surface area contributed by atoms with Crippen molar-refractivity contribution < 1.29 is 4.79 Å². The van der Waals surface area contributed by atoms with Crippen LogP contribution in [-0.4, -0.2) is 24.0 Å². The van der Waals surface area contributed by atoms with Crippen LogP contribution in [0.25, 0.3) is 0 Å². The molecule has 5 heteroatoms. The summed E-state index contributed by atoms with van der Waals surface area (Å²) in [6, 6.07) is 17.8. The molecule has 0 heterocycles. The second-order valence-electron chi connectivity index (χ2n) is 4.60. The standard InChI is InChI=1S/C17H18ClNOS2/c18-16-9-5-4-6-14(16)12-21-11-10-19-17(20)13-22-15-7-2-1-3-8-15/h1-9H,10-13H2,(H,19,20). The fourth-order valence-electron chi connectivity index (χ4n) is 1.78. The lowest BCUT2D eigenvalue weighted by Gasteiger charge is -2.06. The first kappa shape index (κ1) is 17.3. The largest absolute Gasteiger partial charge is 0.355 e. The lowest BCUT2D eigenvalue weighted by atomic mass is 10.2. The van der Waals surface area contributed by atoms with Gasteiger partial charge in [0, 0.05) is 28.0 Å². The molecular weight excluding hydrogens is 334 g/mol. The predicted molar refractivity (Wildman–Crippen MR) is 97.8 cm³/mol. The van der Waals surface area contributed by atoms with Crippen LogP contribution in [0.1, 0.15) is 5.56 Å². The van der Waals surface area contributed by atoms with Crippen LogP contribution in [0.2, 0.25) is 5.02 Å². The van der Waals surface area contributed by atoms with Gasteiger partial charge in [-0.1, -0.05) is 48.0 Å². The molecule has 0 unspecified atom stereocenters. The monoisotopic (exact) mass is 351 g/mol. The molecule has 0 atom stereocenters. The molecule has 22 heavy (non-hydrogen) atoms. The van der Waals surface area contributed by atoms with Crippen molar-refractivity contribution in [2.75, 3.05) is 18.1 Å². The van der Waals surface area contributed by atoms with Gasteiger partial charge in [0.2, 0.25) is 5.91 Å². The summed E-state index contributed by atoms with van der Waals surface area (Å²) >= 11 is 9.43. The molecule has 1 N–H and O–H groups in total. The van der Waals surface area contributed by atoms with Crippen molar-refractivity contribution in [3.05, 3.63) is 65.2 Å². The van der Waals surface area contributed by atoms with E-state index in [0.29, 0.717) is 12.3 Å². The second-order valence-corrected chi connectivity index (χ2v) is 7.16. The summed E-state index contributed by atoms with van der Waals surface area (Å²) in [6.07, 6.45) is 0. The van der Waals surface area contributed by atoms with E-state index in [4.69, 9.17) is 11.6 Å². The summed E-state index contributed by atoms with van der Waals surface area (Å²) < 4.78 is 0. The van der Waals surface area contributed by atoms with Gasteiger partial charge < -0.3 is 5.32 Å². The molecule has 0 saturated carbocycles. The van der Waals surface area contributed by atoms with E-state index in [1.165, 1.54) is 0 Å². The van der Waals surface area contributed by atoms with Gasteiger partial charge in [0.1, 0.15) is 0 Å². The Labute approximate surface area is 145 Å². The van der Waals surface area contributed by atoms with Crippen molar-refractivity contribution in [2.45, 2.75) is 10.6 Å². The molecule has 0 spiro atoms. The van der Waals surface area contributed by atoms with Gasteiger partial charge in [-0.25, -0.2) is 0 Å². The number of thioether (sulfide) groups is 2. The lowest BCUT2D eigenvalue weighted by Crippen LogP contribution is -2.27. The van der Waals surface area contributed by atoms with E-state index >= 15 is 0 Å². The van der Waals surface area contributed by atoms with Gasteiger partial charge in [-0.2, -0.15) is 11.8 Å². The Balaban J connectivity index is 1.57. The van der Waals surface area contributed by atoms with E-state index < -0.39 is 0 Å². The Bertz CT molecular complexity index is 592. The van der Waals surface area contributed by atoms with E-state index in [1.807, 2.05) is 54.6 Å². The number of benzene rings is 2. The summed E-state index contributed by atoms with van der Waals surface area (Å²) in [6.45, 7) is 0.684. The maximum Gasteiger partial charge on any atom is 0.230 e. The van der Waals surface area contributed by atoms with Crippen LogP contribution in [0.5, 0.6) is 0 Å². The maximum atomic E-state index is 11.7. The van der Waals surface area contributed by atoms with Crippen LogP contribution in [-0.2, 0) is 10.5 Å². The number of hydrogen-bond donors (Lipinski definition) is 1. The third-order valence-corrected chi connectivity index (χ3v) is 5.29. The highest BCUT2D eigenvalue weighted by atomic mass is 35.5. The third kappa shape index (κ3) is 6.34. The van der Waals surface area contributed by atoms with Crippen LogP contribution >= 0.6 is 35.1 Å². The molecule has 1 amide bonds. The van der Waals surface area contributed by atoms with Crippen molar-refractivity contribution >= 4 is 41.0 Å². The zero-order valence-corrected chi connectivity index (χ0v) is 14.5. The summed E-state index contributed by atoms with van der Waals surface area (Å²) in [5.74, 6) is 2.28. The molecule has 0 bridgehead atoms. The van der Waals surface area contributed by atoms with Gasteiger partial charge in [-0.05, 0) is 23.8 Å². The fourth-order valence-corrected chi connectivity index (χ4v) is 3.67. The molecule has 0 saturated heterocycles. The smallest absolute Gasteiger partial charge is 0.230 e. The van der Waals surface area contributed by atoms with E-state index in [-0.39, 0.29) is 5.91 Å². The molecule has 0 aliphatic rings. The first-order chi connectivity index (χ1) is 10.8. The highest BCUT2D eigenvalue weighted by molar-refractivity contribution is 8.00. The normalized spacial score (nSPS) is 10.4. The van der Waals surface area contributed by atoms with Crippen molar-refractivity contribution in [1.82, 2.24) is 5.32 Å². The topological polar surface area (TPSA) is 29.1 Å². The Kier molecular flexibility index (Phi) is 7.71. The average Bonchev–Trinajstić information content (AvgIpc) is 2.55. The van der Waals surface area contributed by atoms with Crippen LogP contribution in [0, 0.1) is 0 Å². The van der Waals surface area contributed by atoms with Gasteiger partial charge >= 0.3 is 0 Å². The number of carbonyl (C=O) groups excluding carboxylic acids is 1. The Hall–Kier alpha value is -1.10. The molecule has 2 rings (SSSR count). The van der Waals surface area contributed by atoms with E-state index in [1.54, 1.807) is 23.5 Å². The quantitative estimate of drug-likeness (QED) is 0.561. The lowest BCUT2D eigenvalue weighted by molar-refractivity contribution is -0.118. The number of rotatable bonds is 8. The summed E-state index contributed by atoms with van der Waals surface area (Å²) in [5.41, 5.74) is 1.14. The van der Waals surface area contributed by atoms with Crippen LogP contribution in [0.4, 0.5) is 0 Å². The summed E-state index contributed by atoms with van der Waals surface area (Å²) in [4.78, 5) is 12.9. The molecular formula is C17H18ClNOS2. The van der Waals surface area contributed by atoms with E-state index in [9.17, 15) is 4.79 Å². The minimum Gasteiger partial charge on any atom is -0.355 e. The number of nitrogens with one attached hydrogen (secondary N) is 1. The zero-order chi connectivity index (χ0) is 15.6. The molecule has 0 fully saturated rings. The SMILES string of the molecule is O=C(CSc1ccccc1)NCCSCc1ccccc1Cl. The minimum absolute atomic E-state index is 0.0761. The zero-order valence-electron chi connectivity index (χ0n) is 12.1. The average molecular weight is 352 g/mol. The number of halogens is 1. The van der Waals surface area contributed by atoms with Crippen LogP contribution in [0.3, 0.4) is 0 Å². The number of hydrogen-bond acceptors (Lipinski definition) is 3. The van der Waals surface area contributed by atoms with Crippen molar-refractivity contribution in [1.29, 1.82) is 0 Å². The first-order valence-corrected chi connectivity index (χ1v) is 9.53. The number of carbonyl (C=O) groups is 1. The predicted octanol–water partition coefficient (Wildman–Crippen LogP) is 4.48. The summed E-state index contributed by atoms with van der Waals surface area (Å²) in [7, 11) is 0. The van der Waals surface area contributed by atoms with E-state index in [2.05, 4.69) is 5.32 Å². The molecule has 2 aromatic rings. The number of amides is 1. The van der Waals surface area contributed by atoms with Crippen LogP contribution < -0.4 is 5.32 Å². The van der Waals surface area contributed by atoms with Crippen LogP contribution in [0.15, 0.2) is 59.5 Å². The minimum atomic E-state index is 0.0761. The molecule has 0 aliphatic carbocycles.